The molecule has 6 nitrogen and oxygen atoms in total. The third-order valence-electron chi connectivity index (χ3n) is 6.44. The van der Waals surface area contributed by atoms with Gasteiger partial charge in [0, 0.05) is 54.7 Å². The van der Waals surface area contributed by atoms with Crippen LogP contribution in [0.2, 0.25) is 0 Å². The summed E-state index contributed by atoms with van der Waals surface area (Å²) in [6.07, 6.45) is 5.14. The number of amides is 1. The molecule has 0 spiro atoms. The highest BCUT2D eigenvalue weighted by molar-refractivity contribution is 5.88. The molecule has 0 aliphatic carbocycles. The average molecular weight is 488 g/mol. The molecule has 0 fully saturated rings. The number of nitrogens with zero attached hydrogens (tertiary/aromatic N) is 2. The predicted octanol–water partition coefficient (Wildman–Crippen LogP) is 6.57. The Labute approximate surface area is 209 Å². The lowest BCUT2D eigenvalue weighted by Gasteiger charge is -2.17. The molecule has 0 aliphatic rings. The summed E-state index contributed by atoms with van der Waals surface area (Å²) in [7, 11) is 0. The molecule has 7 heteroatoms. The summed E-state index contributed by atoms with van der Waals surface area (Å²) in [6, 6.07) is 20.9. The molecule has 1 atom stereocenters. The van der Waals surface area contributed by atoms with Crippen LogP contribution in [0.1, 0.15) is 55.2 Å². The van der Waals surface area contributed by atoms with Gasteiger partial charge in [-0.2, -0.15) is 0 Å². The Kier molecular flexibility index (Phi) is 8.10. The molecular formula is C29H30FN3O3. The Hall–Kier alpha value is -4.00. The number of nitrogens with one attached hydrogen (secondary N) is 1. The molecule has 1 heterocycles. The summed E-state index contributed by atoms with van der Waals surface area (Å²) in [4.78, 5) is 24.1. The first-order valence-electron chi connectivity index (χ1n) is 12.3. The zero-order valence-electron chi connectivity index (χ0n) is 20.3. The lowest BCUT2D eigenvalue weighted by atomic mass is 9.88. The van der Waals surface area contributed by atoms with Crippen LogP contribution >= 0.6 is 0 Å². The number of benzene rings is 3. The first-order valence-corrected chi connectivity index (χ1v) is 12.3. The quantitative estimate of drug-likeness (QED) is 0.148. The molecule has 0 bridgehead atoms. The van der Waals surface area contributed by atoms with E-state index < -0.39 is 10.8 Å². The Morgan fingerprint density at radius 1 is 1.06 bits per heavy atom. The summed E-state index contributed by atoms with van der Waals surface area (Å²) in [6.45, 7) is 3.29. The van der Waals surface area contributed by atoms with Crippen molar-refractivity contribution in [2.24, 2.45) is 0 Å². The number of carbonyl (C=O) groups excluding carboxylic acids is 1. The van der Waals surface area contributed by atoms with Gasteiger partial charge in [0.05, 0.1) is 4.92 Å². The van der Waals surface area contributed by atoms with Gasteiger partial charge in [-0.1, -0.05) is 62.2 Å². The van der Waals surface area contributed by atoms with E-state index in [0.717, 1.165) is 41.5 Å². The zero-order valence-corrected chi connectivity index (χ0v) is 20.3. The average Bonchev–Trinajstić information content (AvgIpc) is 3.23. The van der Waals surface area contributed by atoms with Crippen LogP contribution in [0.15, 0.2) is 79.0 Å². The molecular weight excluding hydrogens is 457 g/mol. The van der Waals surface area contributed by atoms with Crippen molar-refractivity contribution in [2.45, 2.75) is 45.1 Å². The van der Waals surface area contributed by atoms with E-state index >= 15 is 0 Å². The molecule has 1 aromatic heterocycles. The third kappa shape index (κ3) is 5.97. The van der Waals surface area contributed by atoms with E-state index in [9.17, 15) is 19.3 Å². The van der Waals surface area contributed by atoms with Gasteiger partial charge in [0.2, 0.25) is 5.91 Å². The fourth-order valence-electron chi connectivity index (χ4n) is 4.58. The second-order valence-electron chi connectivity index (χ2n) is 9.02. The van der Waals surface area contributed by atoms with E-state index in [4.69, 9.17) is 0 Å². The smallest absolute Gasteiger partial charge is 0.270 e. The summed E-state index contributed by atoms with van der Waals surface area (Å²) in [5.74, 6) is -0.850. The first kappa shape index (κ1) is 25.1. The van der Waals surface area contributed by atoms with Crippen LogP contribution < -0.4 is 5.32 Å². The Morgan fingerprint density at radius 3 is 2.50 bits per heavy atom. The van der Waals surface area contributed by atoms with Gasteiger partial charge in [-0.15, -0.1) is 0 Å². The second-order valence-corrected chi connectivity index (χ2v) is 9.02. The van der Waals surface area contributed by atoms with Crippen LogP contribution in [0.3, 0.4) is 0 Å². The van der Waals surface area contributed by atoms with Gasteiger partial charge in [-0.3, -0.25) is 14.9 Å². The number of hydrogen-bond donors (Lipinski definition) is 1. The highest BCUT2D eigenvalue weighted by atomic mass is 19.1. The van der Waals surface area contributed by atoms with Gasteiger partial charge in [0.1, 0.15) is 5.82 Å². The monoisotopic (exact) mass is 487 g/mol. The van der Waals surface area contributed by atoms with E-state index in [2.05, 4.69) is 16.8 Å². The SMILES string of the molecule is CCCCCNC(=O)CC(c1ccc(F)cc1)c1cn(Cc2ccccc2)c2ccc([N+](=O)[O-])cc12. The minimum atomic E-state index is -0.412. The number of unbranched alkanes of at least 4 members (excludes halogenated alkanes) is 2. The molecule has 0 radical (unpaired) electrons. The normalized spacial score (nSPS) is 11.9. The van der Waals surface area contributed by atoms with Crippen molar-refractivity contribution in [2.75, 3.05) is 6.54 Å². The van der Waals surface area contributed by atoms with Crippen LogP contribution in [0.4, 0.5) is 10.1 Å². The van der Waals surface area contributed by atoms with Gasteiger partial charge >= 0.3 is 0 Å². The van der Waals surface area contributed by atoms with Crippen LogP contribution in [0, 0.1) is 15.9 Å². The maximum Gasteiger partial charge on any atom is 0.270 e. The molecule has 4 aromatic rings. The lowest BCUT2D eigenvalue weighted by molar-refractivity contribution is -0.384. The fourth-order valence-corrected chi connectivity index (χ4v) is 4.58. The number of carbonyl (C=O) groups is 1. The molecule has 36 heavy (non-hydrogen) atoms. The second kappa shape index (κ2) is 11.6. The minimum absolute atomic E-state index is 0.0110. The predicted molar refractivity (Wildman–Crippen MR) is 140 cm³/mol. The molecule has 1 amide bonds. The number of halogens is 1. The largest absolute Gasteiger partial charge is 0.356 e. The van der Waals surface area contributed by atoms with E-state index in [1.165, 1.54) is 18.2 Å². The van der Waals surface area contributed by atoms with Crippen LogP contribution in [-0.4, -0.2) is 21.9 Å². The van der Waals surface area contributed by atoms with Crippen molar-refractivity contribution >= 4 is 22.5 Å². The van der Waals surface area contributed by atoms with E-state index in [0.29, 0.717) is 18.5 Å². The summed E-state index contributed by atoms with van der Waals surface area (Å²) in [5.41, 5.74) is 3.51. The van der Waals surface area contributed by atoms with Gasteiger partial charge in [0.25, 0.3) is 5.69 Å². The number of hydrogen-bond acceptors (Lipinski definition) is 3. The van der Waals surface area contributed by atoms with Crippen molar-refractivity contribution in [1.29, 1.82) is 0 Å². The number of fused-ring (bicyclic) bond motifs is 1. The zero-order chi connectivity index (χ0) is 25.5. The maximum atomic E-state index is 13.7. The molecule has 0 saturated heterocycles. The highest BCUT2D eigenvalue weighted by Gasteiger charge is 2.24. The van der Waals surface area contributed by atoms with Crippen molar-refractivity contribution in [3.8, 4) is 0 Å². The third-order valence-corrected chi connectivity index (χ3v) is 6.44. The maximum absolute atomic E-state index is 13.7. The van der Waals surface area contributed by atoms with Crippen LogP contribution in [-0.2, 0) is 11.3 Å². The Bertz CT molecular complexity index is 1330. The molecule has 1 unspecified atom stereocenters. The van der Waals surface area contributed by atoms with Crippen LogP contribution in [0.5, 0.6) is 0 Å². The fraction of sp³-hybridized carbons (Fsp3) is 0.276. The molecule has 3 aromatic carbocycles. The summed E-state index contributed by atoms with van der Waals surface area (Å²) in [5, 5.41) is 15.3. The Balaban J connectivity index is 1.78. The van der Waals surface area contributed by atoms with Crippen molar-refractivity contribution in [1.82, 2.24) is 9.88 Å². The van der Waals surface area contributed by atoms with Crippen molar-refractivity contribution < 1.29 is 14.1 Å². The van der Waals surface area contributed by atoms with Gasteiger partial charge in [0.15, 0.2) is 0 Å². The molecule has 186 valence electrons. The van der Waals surface area contributed by atoms with Gasteiger partial charge in [-0.25, -0.2) is 4.39 Å². The van der Waals surface area contributed by atoms with Gasteiger partial charge < -0.3 is 9.88 Å². The van der Waals surface area contributed by atoms with Crippen molar-refractivity contribution in [3.05, 3.63) is 112 Å². The molecule has 1 N–H and O–H groups in total. The molecule has 0 aliphatic heterocycles. The standard InChI is InChI=1S/C29H30FN3O3/c1-2-3-7-16-31-29(34)18-25(22-10-12-23(30)13-11-22)27-20-32(19-21-8-5-4-6-9-21)28-15-14-24(33(35)36)17-26(27)28/h4-6,8-15,17,20,25H,2-3,7,16,18-19H2,1H3,(H,31,34). The van der Waals surface area contributed by atoms with Crippen LogP contribution in [0.25, 0.3) is 10.9 Å². The number of nitro benzene ring substituents is 1. The number of rotatable bonds is 11. The summed E-state index contributed by atoms with van der Waals surface area (Å²) < 4.78 is 15.8. The number of non-ortho nitro benzene ring substituents is 1. The topological polar surface area (TPSA) is 77.2 Å². The molecule has 4 rings (SSSR count). The number of aromatic nitrogens is 1. The first-order chi connectivity index (χ1) is 17.5. The van der Waals surface area contributed by atoms with Crippen molar-refractivity contribution in [3.63, 3.8) is 0 Å². The lowest BCUT2D eigenvalue weighted by Crippen LogP contribution is -2.26. The minimum Gasteiger partial charge on any atom is -0.356 e. The molecule has 0 saturated carbocycles. The number of nitro groups is 1. The van der Waals surface area contributed by atoms with Gasteiger partial charge in [-0.05, 0) is 41.3 Å². The summed E-state index contributed by atoms with van der Waals surface area (Å²) >= 11 is 0. The highest BCUT2D eigenvalue weighted by Crippen LogP contribution is 2.37. The Morgan fingerprint density at radius 2 is 1.81 bits per heavy atom. The van der Waals surface area contributed by atoms with E-state index in [-0.39, 0.29) is 23.8 Å². The van der Waals surface area contributed by atoms with E-state index in [1.54, 1.807) is 24.3 Å². The van der Waals surface area contributed by atoms with E-state index in [1.807, 2.05) is 36.5 Å².